The van der Waals surface area contributed by atoms with Gasteiger partial charge in [-0.1, -0.05) is 20.8 Å². The van der Waals surface area contributed by atoms with Crippen molar-refractivity contribution in [1.82, 2.24) is 9.80 Å². The minimum atomic E-state index is -0.315. The van der Waals surface area contributed by atoms with Gasteiger partial charge in [-0.3, -0.25) is 9.59 Å². The average Bonchev–Trinajstić information content (AvgIpc) is 2.57. The second kappa shape index (κ2) is 3.75. The van der Waals surface area contributed by atoms with Gasteiger partial charge in [0.25, 0.3) is 0 Å². The third-order valence-electron chi connectivity index (χ3n) is 3.42. The molecule has 2 amide bonds. The van der Waals surface area contributed by atoms with E-state index in [4.69, 9.17) is 0 Å². The highest BCUT2D eigenvalue weighted by Crippen LogP contribution is 2.25. The zero-order valence-corrected chi connectivity index (χ0v) is 10.3. The van der Waals surface area contributed by atoms with Gasteiger partial charge in [-0.15, -0.1) is 0 Å². The molecule has 0 radical (unpaired) electrons. The Labute approximate surface area is 96.6 Å². The molecule has 1 unspecified atom stereocenters. The summed E-state index contributed by atoms with van der Waals surface area (Å²) >= 11 is 0. The van der Waals surface area contributed by atoms with Gasteiger partial charge in [0.15, 0.2) is 0 Å². The van der Waals surface area contributed by atoms with E-state index in [1.54, 1.807) is 0 Å². The van der Waals surface area contributed by atoms with Crippen molar-refractivity contribution in [2.75, 3.05) is 19.6 Å². The van der Waals surface area contributed by atoms with Crippen LogP contribution >= 0.6 is 0 Å². The summed E-state index contributed by atoms with van der Waals surface area (Å²) in [5.74, 6) is 0.458. The van der Waals surface area contributed by atoms with E-state index in [1.165, 1.54) is 0 Å². The number of carbonyl (C=O) groups excluding carboxylic acids is 2. The van der Waals surface area contributed by atoms with Crippen molar-refractivity contribution in [3.05, 3.63) is 0 Å². The highest BCUT2D eigenvalue weighted by Gasteiger charge is 2.38. The molecule has 16 heavy (non-hydrogen) atoms. The van der Waals surface area contributed by atoms with Gasteiger partial charge in [-0.05, 0) is 6.42 Å². The van der Waals surface area contributed by atoms with Crippen LogP contribution in [0.2, 0.25) is 0 Å². The summed E-state index contributed by atoms with van der Waals surface area (Å²) in [5, 5.41) is 0. The number of nitrogens with zero attached hydrogens (tertiary/aromatic N) is 2. The fourth-order valence-electron chi connectivity index (χ4n) is 2.52. The monoisotopic (exact) mass is 224 g/mol. The Kier molecular flexibility index (Phi) is 2.68. The first-order valence-electron chi connectivity index (χ1n) is 5.98. The van der Waals surface area contributed by atoms with Crippen LogP contribution < -0.4 is 0 Å². The topological polar surface area (TPSA) is 40.6 Å². The Balaban J connectivity index is 2.02. The lowest BCUT2D eigenvalue weighted by atomic mass is 9.94. The number of carbonyl (C=O) groups is 2. The lowest BCUT2D eigenvalue weighted by Gasteiger charge is -2.40. The number of piperazine rings is 1. The summed E-state index contributed by atoms with van der Waals surface area (Å²) < 4.78 is 0. The van der Waals surface area contributed by atoms with Crippen LogP contribution in [0.5, 0.6) is 0 Å². The molecule has 0 N–H and O–H groups in total. The molecule has 0 aromatic carbocycles. The largest absolute Gasteiger partial charge is 0.338 e. The molecule has 0 bridgehead atoms. The second-order valence-corrected chi connectivity index (χ2v) is 5.78. The van der Waals surface area contributed by atoms with Crippen LogP contribution in [0.4, 0.5) is 0 Å². The maximum Gasteiger partial charge on any atom is 0.228 e. The second-order valence-electron chi connectivity index (χ2n) is 5.78. The summed E-state index contributed by atoms with van der Waals surface area (Å²) in [4.78, 5) is 27.5. The first kappa shape index (κ1) is 11.4. The van der Waals surface area contributed by atoms with Crippen LogP contribution in [0.1, 0.15) is 33.6 Å². The standard InChI is InChI=1S/C12H20N2O2/c1-12(2,3)11(16)13-6-7-14-9(8-13)4-5-10(14)15/h9H,4-8H2,1-3H3. The van der Waals surface area contributed by atoms with Gasteiger partial charge >= 0.3 is 0 Å². The molecule has 0 saturated carbocycles. The third kappa shape index (κ3) is 1.93. The highest BCUT2D eigenvalue weighted by molar-refractivity contribution is 5.83. The molecule has 0 spiro atoms. The molecular formula is C12H20N2O2. The van der Waals surface area contributed by atoms with E-state index < -0.39 is 0 Å². The molecule has 0 aromatic heterocycles. The molecule has 2 rings (SSSR count). The minimum absolute atomic E-state index is 0.200. The first-order valence-corrected chi connectivity index (χ1v) is 5.98. The molecule has 0 aromatic rings. The predicted octanol–water partition coefficient (Wildman–Crippen LogP) is 0.866. The van der Waals surface area contributed by atoms with Crippen LogP contribution in [0.15, 0.2) is 0 Å². The Morgan fingerprint density at radius 3 is 2.62 bits per heavy atom. The third-order valence-corrected chi connectivity index (χ3v) is 3.42. The van der Waals surface area contributed by atoms with Gasteiger partial charge in [-0.25, -0.2) is 0 Å². The number of fused-ring (bicyclic) bond motifs is 1. The molecule has 0 aliphatic carbocycles. The van der Waals surface area contributed by atoms with Crippen molar-refractivity contribution < 1.29 is 9.59 Å². The molecule has 2 aliphatic rings. The summed E-state index contributed by atoms with van der Waals surface area (Å²) in [6, 6.07) is 0.271. The smallest absolute Gasteiger partial charge is 0.228 e. The summed E-state index contributed by atoms with van der Waals surface area (Å²) in [5.41, 5.74) is -0.315. The van der Waals surface area contributed by atoms with E-state index in [9.17, 15) is 9.59 Å². The van der Waals surface area contributed by atoms with Crippen molar-refractivity contribution in [2.45, 2.75) is 39.7 Å². The zero-order chi connectivity index (χ0) is 11.9. The quantitative estimate of drug-likeness (QED) is 0.612. The maximum atomic E-state index is 12.1. The molecule has 4 nitrogen and oxygen atoms in total. The molecule has 2 heterocycles. The van der Waals surface area contributed by atoms with Crippen LogP contribution in [-0.4, -0.2) is 47.3 Å². The molecule has 2 aliphatic heterocycles. The van der Waals surface area contributed by atoms with Gasteiger partial charge in [0.2, 0.25) is 11.8 Å². The van der Waals surface area contributed by atoms with Gasteiger partial charge in [0.05, 0.1) is 0 Å². The van der Waals surface area contributed by atoms with Crippen LogP contribution in [-0.2, 0) is 9.59 Å². The van der Waals surface area contributed by atoms with Gasteiger partial charge in [0, 0.05) is 37.5 Å². The Hall–Kier alpha value is -1.06. The summed E-state index contributed by atoms with van der Waals surface area (Å²) in [7, 11) is 0. The fourth-order valence-corrected chi connectivity index (χ4v) is 2.52. The molecule has 1 atom stereocenters. The normalized spacial score (nSPS) is 25.9. The van der Waals surface area contributed by atoms with Gasteiger partial charge in [-0.2, -0.15) is 0 Å². The predicted molar refractivity (Wildman–Crippen MR) is 60.8 cm³/mol. The Morgan fingerprint density at radius 2 is 2.00 bits per heavy atom. The van der Waals surface area contributed by atoms with E-state index >= 15 is 0 Å². The maximum absolute atomic E-state index is 12.1. The van der Waals surface area contributed by atoms with E-state index in [1.807, 2.05) is 30.6 Å². The van der Waals surface area contributed by atoms with Crippen molar-refractivity contribution in [1.29, 1.82) is 0 Å². The zero-order valence-electron chi connectivity index (χ0n) is 10.3. The summed E-state index contributed by atoms with van der Waals surface area (Å²) in [6.07, 6.45) is 1.56. The van der Waals surface area contributed by atoms with Gasteiger partial charge < -0.3 is 9.80 Å². The number of hydrogen-bond donors (Lipinski definition) is 0. The Morgan fingerprint density at radius 1 is 1.31 bits per heavy atom. The first-order chi connectivity index (χ1) is 7.39. The van der Waals surface area contributed by atoms with Crippen LogP contribution in [0, 0.1) is 5.41 Å². The van der Waals surface area contributed by atoms with Crippen molar-refractivity contribution in [3.63, 3.8) is 0 Å². The van der Waals surface area contributed by atoms with E-state index in [2.05, 4.69) is 0 Å². The Bertz CT molecular complexity index is 319. The van der Waals surface area contributed by atoms with Crippen LogP contribution in [0.25, 0.3) is 0 Å². The van der Waals surface area contributed by atoms with E-state index in [0.717, 1.165) is 13.0 Å². The van der Waals surface area contributed by atoms with E-state index in [0.29, 0.717) is 19.5 Å². The van der Waals surface area contributed by atoms with E-state index in [-0.39, 0.29) is 23.3 Å². The number of hydrogen-bond acceptors (Lipinski definition) is 2. The molecule has 4 heteroatoms. The molecule has 2 saturated heterocycles. The van der Waals surface area contributed by atoms with Crippen molar-refractivity contribution in [2.24, 2.45) is 5.41 Å². The van der Waals surface area contributed by atoms with Crippen molar-refractivity contribution in [3.8, 4) is 0 Å². The molecule has 90 valence electrons. The number of amides is 2. The van der Waals surface area contributed by atoms with Crippen molar-refractivity contribution >= 4 is 11.8 Å². The SMILES string of the molecule is CC(C)(C)C(=O)N1CCN2C(=O)CCC2C1. The fraction of sp³-hybridized carbons (Fsp3) is 0.833. The summed E-state index contributed by atoms with van der Waals surface area (Å²) in [6.45, 7) is 7.97. The lowest BCUT2D eigenvalue weighted by molar-refractivity contribution is -0.145. The lowest BCUT2D eigenvalue weighted by Crippen LogP contribution is -2.55. The number of rotatable bonds is 0. The van der Waals surface area contributed by atoms with Crippen LogP contribution in [0.3, 0.4) is 0 Å². The minimum Gasteiger partial charge on any atom is -0.338 e. The molecule has 2 fully saturated rings. The highest BCUT2D eigenvalue weighted by atomic mass is 16.2. The molecular weight excluding hydrogens is 204 g/mol. The average molecular weight is 224 g/mol. The van der Waals surface area contributed by atoms with Gasteiger partial charge in [0.1, 0.15) is 0 Å².